The molecule has 0 spiro atoms. The van der Waals surface area contributed by atoms with E-state index in [0.29, 0.717) is 22.9 Å². The Morgan fingerprint density at radius 1 is 1.13 bits per heavy atom. The maximum absolute atomic E-state index is 10.5. The quantitative estimate of drug-likeness (QED) is 0.521. The SMILES string of the molecule is Cn1cc2cc(-c3ccc4cc(N5CCC(NCC6CC6)C5)cnc4n3)c(O)cc2n1. The van der Waals surface area contributed by atoms with Crippen LogP contribution in [0.5, 0.6) is 5.75 Å². The highest BCUT2D eigenvalue weighted by molar-refractivity contribution is 5.89. The molecule has 2 aliphatic rings. The van der Waals surface area contributed by atoms with Crippen molar-refractivity contribution < 1.29 is 5.11 Å². The molecule has 7 nitrogen and oxygen atoms in total. The lowest BCUT2D eigenvalue weighted by molar-refractivity contribution is 0.478. The van der Waals surface area contributed by atoms with Crippen molar-refractivity contribution in [1.29, 1.82) is 0 Å². The van der Waals surface area contributed by atoms with E-state index in [0.717, 1.165) is 41.0 Å². The summed E-state index contributed by atoms with van der Waals surface area (Å²) in [4.78, 5) is 11.8. The maximum Gasteiger partial charge on any atom is 0.159 e. The Morgan fingerprint density at radius 2 is 2.03 bits per heavy atom. The average Bonchev–Trinajstić information content (AvgIpc) is 3.35. The van der Waals surface area contributed by atoms with E-state index in [4.69, 9.17) is 4.98 Å². The van der Waals surface area contributed by atoms with Gasteiger partial charge in [-0.1, -0.05) is 0 Å². The molecule has 4 aromatic rings. The van der Waals surface area contributed by atoms with Gasteiger partial charge in [-0.15, -0.1) is 0 Å². The normalized spacial score (nSPS) is 19.0. The molecule has 0 amide bonds. The van der Waals surface area contributed by atoms with Crippen LogP contribution in [-0.4, -0.2) is 50.5 Å². The van der Waals surface area contributed by atoms with Gasteiger partial charge in [-0.05, 0) is 56.0 Å². The van der Waals surface area contributed by atoms with Gasteiger partial charge in [0.15, 0.2) is 5.65 Å². The fourth-order valence-electron chi connectivity index (χ4n) is 4.53. The summed E-state index contributed by atoms with van der Waals surface area (Å²) < 4.78 is 1.75. The molecule has 1 aromatic carbocycles. The number of hydrogen-bond acceptors (Lipinski definition) is 6. The molecule has 1 saturated carbocycles. The summed E-state index contributed by atoms with van der Waals surface area (Å²) in [6, 6.07) is 10.4. The largest absolute Gasteiger partial charge is 0.507 e. The molecule has 31 heavy (non-hydrogen) atoms. The van der Waals surface area contributed by atoms with Crippen molar-refractivity contribution in [2.45, 2.75) is 25.3 Å². The van der Waals surface area contributed by atoms with Gasteiger partial charge in [-0.25, -0.2) is 9.97 Å². The number of aromatic nitrogens is 4. The second-order valence-electron chi connectivity index (χ2n) is 8.95. The fourth-order valence-corrected chi connectivity index (χ4v) is 4.53. The smallest absolute Gasteiger partial charge is 0.159 e. The third-order valence-electron chi connectivity index (χ3n) is 6.49. The van der Waals surface area contributed by atoms with Crippen molar-refractivity contribution in [3.8, 4) is 17.0 Å². The van der Waals surface area contributed by atoms with Crippen molar-refractivity contribution in [1.82, 2.24) is 25.1 Å². The number of hydrogen-bond donors (Lipinski definition) is 2. The molecule has 1 saturated heterocycles. The van der Waals surface area contributed by atoms with Crippen molar-refractivity contribution >= 4 is 27.6 Å². The molecule has 2 N–H and O–H groups in total. The van der Waals surface area contributed by atoms with Gasteiger partial charge in [0.2, 0.25) is 0 Å². The Labute approximate surface area is 180 Å². The van der Waals surface area contributed by atoms with Crippen LogP contribution in [0.15, 0.2) is 42.7 Å². The van der Waals surface area contributed by atoms with Crippen LogP contribution >= 0.6 is 0 Å². The second kappa shape index (κ2) is 7.20. The Kier molecular flexibility index (Phi) is 4.31. The van der Waals surface area contributed by atoms with E-state index >= 15 is 0 Å². The van der Waals surface area contributed by atoms with Crippen LogP contribution in [0.1, 0.15) is 19.3 Å². The topological polar surface area (TPSA) is 79.1 Å². The molecule has 1 unspecified atom stereocenters. The predicted octanol–water partition coefficient (Wildman–Crippen LogP) is 3.47. The Hall–Kier alpha value is -3.19. The molecule has 7 heteroatoms. The first kappa shape index (κ1) is 18.6. The highest BCUT2D eigenvalue weighted by Crippen LogP contribution is 2.33. The van der Waals surface area contributed by atoms with Crippen LogP contribution in [0.4, 0.5) is 5.69 Å². The van der Waals surface area contributed by atoms with Gasteiger partial charge in [-0.2, -0.15) is 5.10 Å². The van der Waals surface area contributed by atoms with Crippen molar-refractivity contribution in [3.63, 3.8) is 0 Å². The number of nitrogens with zero attached hydrogens (tertiary/aromatic N) is 5. The third kappa shape index (κ3) is 3.59. The summed E-state index contributed by atoms with van der Waals surface area (Å²) in [6.07, 6.45) is 7.82. The van der Waals surface area contributed by atoms with Crippen LogP contribution < -0.4 is 10.2 Å². The molecule has 6 rings (SSSR count). The number of phenolic OH excluding ortho intramolecular Hbond substituents is 1. The monoisotopic (exact) mass is 414 g/mol. The molecule has 1 aliphatic carbocycles. The van der Waals surface area contributed by atoms with Crippen LogP contribution in [0.25, 0.3) is 33.2 Å². The minimum atomic E-state index is 0.177. The molecular weight excluding hydrogens is 388 g/mol. The van der Waals surface area contributed by atoms with Crippen LogP contribution in [0.2, 0.25) is 0 Å². The summed E-state index contributed by atoms with van der Waals surface area (Å²) in [6.45, 7) is 3.25. The molecule has 4 heterocycles. The van der Waals surface area contributed by atoms with Gasteiger partial charge in [-0.3, -0.25) is 4.68 Å². The zero-order valence-electron chi connectivity index (χ0n) is 17.6. The number of fused-ring (bicyclic) bond motifs is 2. The van der Waals surface area contributed by atoms with Gasteiger partial charge in [0.1, 0.15) is 5.75 Å². The zero-order chi connectivity index (χ0) is 20.9. The van der Waals surface area contributed by atoms with Crippen LogP contribution in [0, 0.1) is 5.92 Å². The first-order valence-corrected chi connectivity index (χ1v) is 11.0. The van der Waals surface area contributed by atoms with Gasteiger partial charge in [0.25, 0.3) is 0 Å². The number of anilines is 1. The third-order valence-corrected chi connectivity index (χ3v) is 6.49. The predicted molar refractivity (Wildman–Crippen MR) is 122 cm³/mol. The fraction of sp³-hybridized carbons (Fsp3) is 0.375. The van der Waals surface area contributed by atoms with Crippen LogP contribution in [-0.2, 0) is 7.05 Å². The number of aryl methyl sites for hydroxylation is 1. The number of rotatable bonds is 5. The summed E-state index contributed by atoms with van der Waals surface area (Å²) >= 11 is 0. The maximum atomic E-state index is 10.5. The highest BCUT2D eigenvalue weighted by Gasteiger charge is 2.26. The minimum absolute atomic E-state index is 0.177. The van der Waals surface area contributed by atoms with E-state index in [1.807, 2.05) is 37.6 Å². The van der Waals surface area contributed by atoms with E-state index in [2.05, 4.69) is 26.4 Å². The van der Waals surface area contributed by atoms with Gasteiger partial charge in [0.05, 0.1) is 23.1 Å². The first-order valence-electron chi connectivity index (χ1n) is 11.0. The molecule has 3 aromatic heterocycles. The second-order valence-corrected chi connectivity index (χ2v) is 8.95. The number of pyridine rings is 2. The van der Waals surface area contributed by atoms with Gasteiger partial charge < -0.3 is 15.3 Å². The van der Waals surface area contributed by atoms with E-state index in [9.17, 15) is 5.11 Å². The van der Waals surface area contributed by atoms with Crippen molar-refractivity contribution in [2.75, 3.05) is 24.5 Å². The van der Waals surface area contributed by atoms with E-state index in [-0.39, 0.29) is 5.75 Å². The average molecular weight is 415 g/mol. The Morgan fingerprint density at radius 3 is 2.90 bits per heavy atom. The van der Waals surface area contributed by atoms with E-state index in [1.54, 1.807) is 10.7 Å². The number of nitrogens with one attached hydrogen (secondary N) is 1. The summed E-state index contributed by atoms with van der Waals surface area (Å²) in [7, 11) is 1.87. The first-order chi connectivity index (χ1) is 15.1. The number of phenols is 1. The van der Waals surface area contributed by atoms with Crippen molar-refractivity contribution in [3.05, 3.63) is 42.7 Å². The van der Waals surface area contributed by atoms with Crippen molar-refractivity contribution in [2.24, 2.45) is 13.0 Å². The minimum Gasteiger partial charge on any atom is -0.507 e. The number of benzene rings is 1. The molecular formula is C24H26N6O. The van der Waals surface area contributed by atoms with Gasteiger partial charge in [0, 0.05) is 54.8 Å². The summed E-state index contributed by atoms with van der Waals surface area (Å²) in [5, 5.41) is 20.6. The lowest BCUT2D eigenvalue weighted by Gasteiger charge is -2.19. The molecule has 1 aliphatic heterocycles. The van der Waals surface area contributed by atoms with E-state index < -0.39 is 0 Å². The lowest BCUT2D eigenvalue weighted by atomic mass is 10.1. The highest BCUT2D eigenvalue weighted by atomic mass is 16.3. The molecule has 0 radical (unpaired) electrons. The van der Waals surface area contributed by atoms with E-state index in [1.165, 1.54) is 25.8 Å². The lowest BCUT2D eigenvalue weighted by Crippen LogP contribution is -2.33. The summed E-state index contributed by atoms with van der Waals surface area (Å²) in [5.41, 5.74) is 4.01. The Balaban J connectivity index is 1.25. The zero-order valence-corrected chi connectivity index (χ0v) is 17.6. The van der Waals surface area contributed by atoms with Crippen LogP contribution in [0.3, 0.4) is 0 Å². The molecule has 158 valence electrons. The van der Waals surface area contributed by atoms with Gasteiger partial charge >= 0.3 is 0 Å². The molecule has 1 atom stereocenters. The molecule has 0 bridgehead atoms. The standard InChI is InChI=1S/C24H26N6O/c1-29-13-17-9-20(23(31)10-22(17)28-29)21-5-4-16-8-19(12-26-24(16)27-21)30-7-6-18(14-30)25-11-15-2-3-15/h4-5,8-10,12-13,15,18,25,31H,2-3,6-7,11,14H2,1H3. The molecule has 2 fully saturated rings. The number of aromatic hydroxyl groups is 1. The summed E-state index contributed by atoms with van der Waals surface area (Å²) in [5.74, 6) is 1.09. The Bertz CT molecular complexity index is 1280.